The SMILES string of the molecule is O=C(Cn1ccc(C(F)(F)F)n1)NNC(=O)c1ccccc1. The van der Waals surface area contributed by atoms with Gasteiger partial charge >= 0.3 is 6.18 Å². The van der Waals surface area contributed by atoms with Crippen LogP contribution in [0.5, 0.6) is 0 Å². The number of nitrogens with one attached hydrogen (secondary N) is 2. The van der Waals surface area contributed by atoms with Gasteiger partial charge in [0.25, 0.3) is 11.8 Å². The Labute approximate surface area is 122 Å². The van der Waals surface area contributed by atoms with Crippen LogP contribution in [-0.4, -0.2) is 21.6 Å². The Morgan fingerprint density at radius 1 is 1.09 bits per heavy atom. The van der Waals surface area contributed by atoms with Gasteiger partial charge < -0.3 is 0 Å². The Kier molecular flexibility index (Phi) is 4.44. The first-order valence-electron chi connectivity index (χ1n) is 6.11. The predicted octanol–water partition coefficient (Wildman–Crippen LogP) is 1.36. The zero-order valence-corrected chi connectivity index (χ0v) is 11.1. The van der Waals surface area contributed by atoms with Gasteiger partial charge in [0.1, 0.15) is 6.54 Å². The van der Waals surface area contributed by atoms with Crippen molar-refractivity contribution in [3.8, 4) is 0 Å². The van der Waals surface area contributed by atoms with Gasteiger partial charge in [-0.1, -0.05) is 18.2 Å². The topological polar surface area (TPSA) is 76.0 Å². The van der Waals surface area contributed by atoms with E-state index in [9.17, 15) is 22.8 Å². The highest BCUT2D eigenvalue weighted by Gasteiger charge is 2.33. The fraction of sp³-hybridized carbons (Fsp3) is 0.154. The number of amides is 2. The average molecular weight is 312 g/mol. The summed E-state index contributed by atoms with van der Waals surface area (Å²) in [7, 11) is 0. The maximum atomic E-state index is 12.3. The highest BCUT2D eigenvalue weighted by Crippen LogP contribution is 2.27. The second kappa shape index (κ2) is 6.29. The molecule has 0 bridgehead atoms. The van der Waals surface area contributed by atoms with Gasteiger partial charge in [-0.15, -0.1) is 0 Å². The molecule has 116 valence electrons. The molecule has 0 spiro atoms. The highest BCUT2D eigenvalue weighted by molar-refractivity contribution is 5.95. The molecular formula is C13H11F3N4O2. The lowest BCUT2D eigenvalue weighted by molar-refractivity contribution is -0.141. The molecule has 1 aromatic carbocycles. The summed E-state index contributed by atoms with van der Waals surface area (Å²) < 4.78 is 37.9. The van der Waals surface area contributed by atoms with Crippen LogP contribution in [0.2, 0.25) is 0 Å². The van der Waals surface area contributed by atoms with Crippen LogP contribution in [0.25, 0.3) is 0 Å². The number of alkyl halides is 3. The van der Waals surface area contributed by atoms with E-state index in [0.29, 0.717) is 5.56 Å². The standard InChI is InChI=1S/C13H11F3N4O2/c14-13(15,16)10-6-7-20(19-10)8-11(21)17-18-12(22)9-4-2-1-3-5-9/h1-7H,8H2,(H,17,21)(H,18,22). The van der Waals surface area contributed by atoms with Gasteiger partial charge in [0.15, 0.2) is 5.69 Å². The van der Waals surface area contributed by atoms with Gasteiger partial charge in [0, 0.05) is 11.8 Å². The highest BCUT2D eigenvalue weighted by atomic mass is 19.4. The number of carbonyl (C=O) groups excluding carboxylic acids is 2. The van der Waals surface area contributed by atoms with Crippen molar-refractivity contribution in [2.75, 3.05) is 0 Å². The minimum Gasteiger partial charge on any atom is -0.271 e. The largest absolute Gasteiger partial charge is 0.435 e. The first-order chi connectivity index (χ1) is 10.4. The molecule has 1 heterocycles. The minimum absolute atomic E-state index is 0.334. The summed E-state index contributed by atoms with van der Waals surface area (Å²) in [5.74, 6) is -1.24. The van der Waals surface area contributed by atoms with E-state index >= 15 is 0 Å². The molecule has 22 heavy (non-hydrogen) atoms. The zero-order chi connectivity index (χ0) is 16.2. The first kappa shape index (κ1) is 15.5. The molecule has 0 fully saturated rings. The average Bonchev–Trinajstić information content (AvgIpc) is 2.94. The van der Waals surface area contributed by atoms with E-state index in [1.165, 1.54) is 0 Å². The van der Waals surface area contributed by atoms with E-state index in [-0.39, 0.29) is 0 Å². The summed E-state index contributed by atoms with van der Waals surface area (Å²) in [4.78, 5) is 23.2. The van der Waals surface area contributed by atoms with Gasteiger partial charge in [-0.3, -0.25) is 25.1 Å². The predicted molar refractivity (Wildman–Crippen MR) is 69.3 cm³/mol. The summed E-state index contributed by atoms with van der Waals surface area (Å²) in [6.45, 7) is -0.453. The number of hydrogen-bond acceptors (Lipinski definition) is 3. The van der Waals surface area contributed by atoms with Crippen molar-refractivity contribution in [2.24, 2.45) is 0 Å². The van der Waals surface area contributed by atoms with Crippen molar-refractivity contribution >= 4 is 11.8 Å². The summed E-state index contributed by atoms with van der Waals surface area (Å²) in [6.07, 6.45) is -3.54. The minimum atomic E-state index is -4.57. The number of rotatable bonds is 3. The smallest absolute Gasteiger partial charge is 0.271 e. The molecule has 0 aliphatic rings. The molecule has 6 nitrogen and oxygen atoms in total. The molecule has 0 saturated carbocycles. The van der Waals surface area contributed by atoms with Crippen LogP contribution < -0.4 is 10.9 Å². The lowest BCUT2D eigenvalue weighted by Gasteiger charge is -2.07. The molecule has 0 aliphatic carbocycles. The van der Waals surface area contributed by atoms with Crippen molar-refractivity contribution < 1.29 is 22.8 Å². The summed E-state index contributed by atoms with van der Waals surface area (Å²) in [5.41, 5.74) is 3.50. The third kappa shape index (κ3) is 4.08. The van der Waals surface area contributed by atoms with Crippen LogP contribution in [0.15, 0.2) is 42.6 Å². The van der Waals surface area contributed by atoms with E-state index in [1.54, 1.807) is 30.3 Å². The Hall–Kier alpha value is -2.84. The summed E-state index contributed by atoms with van der Waals surface area (Å²) in [6, 6.07) is 8.88. The Balaban J connectivity index is 1.86. The number of halogens is 3. The van der Waals surface area contributed by atoms with Crippen LogP contribution in [0, 0.1) is 0 Å². The van der Waals surface area contributed by atoms with Crippen LogP contribution >= 0.6 is 0 Å². The number of aromatic nitrogens is 2. The van der Waals surface area contributed by atoms with Crippen molar-refractivity contribution in [1.29, 1.82) is 0 Å². The molecule has 2 N–H and O–H groups in total. The first-order valence-corrected chi connectivity index (χ1v) is 6.11. The van der Waals surface area contributed by atoms with Gasteiger partial charge in [0.05, 0.1) is 0 Å². The van der Waals surface area contributed by atoms with Gasteiger partial charge in [-0.2, -0.15) is 18.3 Å². The van der Waals surface area contributed by atoms with Crippen molar-refractivity contribution in [3.05, 3.63) is 53.9 Å². The molecule has 1 aromatic heterocycles. The van der Waals surface area contributed by atoms with Crippen molar-refractivity contribution in [2.45, 2.75) is 12.7 Å². The van der Waals surface area contributed by atoms with Crippen molar-refractivity contribution in [3.63, 3.8) is 0 Å². The Morgan fingerprint density at radius 2 is 1.77 bits per heavy atom. The summed E-state index contributed by atoms with van der Waals surface area (Å²) in [5, 5.41) is 3.22. The Morgan fingerprint density at radius 3 is 2.36 bits per heavy atom. The van der Waals surface area contributed by atoms with Crippen molar-refractivity contribution in [1.82, 2.24) is 20.6 Å². The molecular weight excluding hydrogens is 301 g/mol. The van der Waals surface area contributed by atoms with E-state index in [4.69, 9.17) is 0 Å². The van der Waals surface area contributed by atoms with E-state index in [2.05, 4.69) is 16.0 Å². The normalized spacial score (nSPS) is 11.0. The van der Waals surface area contributed by atoms with E-state index in [0.717, 1.165) is 16.9 Å². The molecule has 0 unspecified atom stereocenters. The monoisotopic (exact) mass is 312 g/mol. The molecule has 9 heteroatoms. The zero-order valence-electron chi connectivity index (χ0n) is 11.1. The molecule has 2 amide bonds. The molecule has 0 saturated heterocycles. The van der Waals surface area contributed by atoms with Gasteiger partial charge in [-0.25, -0.2) is 0 Å². The molecule has 0 radical (unpaired) electrons. The van der Waals surface area contributed by atoms with Gasteiger partial charge in [-0.05, 0) is 18.2 Å². The fourth-order valence-corrected chi connectivity index (χ4v) is 1.58. The van der Waals surface area contributed by atoms with Crippen LogP contribution in [0.3, 0.4) is 0 Å². The lowest BCUT2D eigenvalue weighted by atomic mass is 10.2. The van der Waals surface area contributed by atoms with Crippen LogP contribution in [0.1, 0.15) is 16.1 Å². The number of carbonyl (C=O) groups is 2. The van der Waals surface area contributed by atoms with E-state index in [1.807, 2.05) is 0 Å². The van der Waals surface area contributed by atoms with E-state index < -0.39 is 30.2 Å². The third-order valence-corrected chi connectivity index (χ3v) is 2.59. The second-order valence-corrected chi connectivity index (χ2v) is 4.26. The number of hydrogen-bond donors (Lipinski definition) is 2. The van der Waals surface area contributed by atoms with Crippen LogP contribution in [0.4, 0.5) is 13.2 Å². The quantitative estimate of drug-likeness (QED) is 0.840. The fourth-order valence-electron chi connectivity index (χ4n) is 1.58. The summed E-state index contributed by atoms with van der Waals surface area (Å²) >= 11 is 0. The number of hydrazine groups is 1. The second-order valence-electron chi connectivity index (χ2n) is 4.26. The van der Waals surface area contributed by atoms with Gasteiger partial charge in [0.2, 0.25) is 0 Å². The van der Waals surface area contributed by atoms with Crippen LogP contribution in [-0.2, 0) is 17.5 Å². The third-order valence-electron chi connectivity index (χ3n) is 2.59. The molecule has 0 aliphatic heterocycles. The molecule has 0 atom stereocenters. The molecule has 2 aromatic rings. The number of benzene rings is 1. The maximum absolute atomic E-state index is 12.3. The lowest BCUT2D eigenvalue weighted by Crippen LogP contribution is -2.43. The Bertz CT molecular complexity index is 667. The maximum Gasteiger partial charge on any atom is 0.435 e. The molecule has 2 rings (SSSR count). The number of nitrogens with zero attached hydrogens (tertiary/aromatic N) is 2.